The minimum absolute atomic E-state index is 0.499. The van der Waals surface area contributed by atoms with Gasteiger partial charge in [0.2, 0.25) is 11.7 Å². The number of fused-ring (bicyclic) bond motifs is 1. The molecule has 2 heterocycles. The topological polar surface area (TPSA) is 83.4 Å². The summed E-state index contributed by atoms with van der Waals surface area (Å²) in [6.45, 7) is 1.81. The monoisotopic (exact) mass is 351 g/mol. The molecule has 0 atom stereocenters. The Balaban J connectivity index is 1.59. The van der Waals surface area contributed by atoms with Crippen LogP contribution >= 0.6 is 0 Å². The fourth-order valence-corrected chi connectivity index (χ4v) is 2.79. The summed E-state index contributed by atoms with van der Waals surface area (Å²) < 4.78 is 21.5. The van der Waals surface area contributed by atoms with Crippen molar-refractivity contribution in [2.75, 3.05) is 14.2 Å². The number of aromatic nitrogens is 3. The van der Waals surface area contributed by atoms with Gasteiger partial charge in [0.1, 0.15) is 5.52 Å². The van der Waals surface area contributed by atoms with E-state index in [9.17, 15) is 0 Å². The third-order valence-corrected chi connectivity index (χ3v) is 4.02. The third-order valence-electron chi connectivity index (χ3n) is 4.02. The van der Waals surface area contributed by atoms with Crippen molar-refractivity contribution >= 4 is 11.1 Å². The highest BCUT2D eigenvalue weighted by Gasteiger charge is 2.13. The van der Waals surface area contributed by atoms with Gasteiger partial charge in [-0.1, -0.05) is 11.2 Å². The van der Waals surface area contributed by atoms with E-state index in [0.717, 1.165) is 22.2 Å². The van der Waals surface area contributed by atoms with Crippen molar-refractivity contribution in [2.24, 2.45) is 0 Å². The molecule has 0 aliphatic heterocycles. The third kappa shape index (κ3) is 2.99. The van der Waals surface area contributed by atoms with Gasteiger partial charge in [-0.3, -0.25) is 0 Å². The molecule has 0 saturated carbocycles. The highest BCUT2D eigenvalue weighted by molar-refractivity contribution is 5.78. The fraction of sp³-hybridized carbons (Fsp3) is 0.211. The Hall–Kier alpha value is -3.35. The molecule has 0 fully saturated rings. The van der Waals surface area contributed by atoms with E-state index in [1.807, 2.05) is 43.3 Å². The fourth-order valence-electron chi connectivity index (χ4n) is 2.79. The molecule has 7 heteroatoms. The molecule has 2 aromatic heterocycles. The standard InChI is InChI=1S/C19H17N3O4/c1-11-20-14-10-13(5-7-15(14)25-11)19-21-18(26-22-19)9-12-4-6-16(23-2)17(8-12)24-3/h4-8,10H,9H2,1-3H3. The maximum absolute atomic E-state index is 5.49. The van der Waals surface area contributed by atoms with Crippen molar-refractivity contribution in [2.45, 2.75) is 13.3 Å². The average molecular weight is 351 g/mol. The van der Waals surface area contributed by atoms with E-state index in [1.54, 1.807) is 14.2 Å². The first-order chi connectivity index (χ1) is 12.7. The minimum atomic E-state index is 0.499. The Morgan fingerprint density at radius 2 is 1.81 bits per heavy atom. The van der Waals surface area contributed by atoms with Crippen molar-refractivity contribution in [3.8, 4) is 22.9 Å². The Bertz CT molecular complexity index is 1070. The number of hydrogen-bond donors (Lipinski definition) is 0. The van der Waals surface area contributed by atoms with Gasteiger partial charge in [-0.15, -0.1) is 0 Å². The molecular weight excluding hydrogens is 334 g/mol. The predicted octanol–water partition coefficient (Wildman–Crippen LogP) is 3.79. The van der Waals surface area contributed by atoms with Crippen LogP contribution in [-0.2, 0) is 6.42 Å². The maximum Gasteiger partial charge on any atom is 0.231 e. The molecule has 4 aromatic rings. The van der Waals surface area contributed by atoms with Crippen LogP contribution < -0.4 is 9.47 Å². The van der Waals surface area contributed by atoms with Gasteiger partial charge in [0.05, 0.1) is 20.6 Å². The zero-order chi connectivity index (χ0) is 18.1. The van der Waals surface area contributed by atoms with Crippen LogP contribution in [0.4, 0.5) is 0 Å². The summed E-state index contributed by atoms with van der Waals surface area (Å²) in [4.78, 5) is 8.81. The van der Waals surface area contributed by atoms with Crippen LogP contribution in [0.3, 0.4) is 0 Å². The van der Waals surface area contributed by atoms with E-state index in [4.69, 9.17) is 18.4 Å². The highest BCUT2D eigenvalue weighted by atomic mass is 16.5. The number of hydrogen-bond acceptors (Lipinski definition) is 7. The summed E-state index contributed by atoms with van der Waals surface area (Å²) in [5, 5.41) is 4.07. The van der Waals surface area contributed by atoms with Gasteiger partial charge < -0.3 is 18.4 Å². The zero-order valence-corrected chi connectivity index (χ0v) is 14.6. The number of aryl methyl sites for hydroxylation is 1. The molecule has 0 bridgehead atoms. The molecule has 0 radical (unpaired) electrons. The number of benzene rings is 2. The highest BCUT2D eigenvalue weighted by Crippen LogP contribution is 2.29. The molecule has 26 heavy (non-hydrogen) atoms. The van der Waals surface area contributed by atoms with Gasteiger partial charge in [0, 0.05) is 12.5 Å². The lowest BCUT2D eigenvalue weighted by Gasteiger charge is -2.08. The number of nitrogens with zero attached hydrogens (tertiary/aromatic N) is 3. The summed E-state index contributed by atoms with van der Waals surface area (Å²) in [6.07, 6.45) is 0.499. The van der Waals surface area contributed by atoms with Crippen molar-refractivity contribution in [3.05, 3.63) is 53.7 Å². The van der Waals surface area contributed by atoms with Crippen LogP contribution in [-0.4, -0.2) is 29.3 Å². The molecule has 0 N–H and O–H groups in total. The van der Waals surface area contributed by atoms with Crippen molar-refractivity contribution in [3.63, 3.8) is 0 Å². The first-order valence-corrected chi connectivity index (χ1v) is 8.07. The van der Waals surface area contributed by atoms with Crippen molar-refractivity contribution in [1.29, 1.82) is 0 Å². The Kier molecular flexibility index (Phi) is 4.04. The lowest BCUT2D eigenvalue weighted by molar-refractivity contribution is 0.354. The van der Waals surface area contributed by atoms with Crippen LogP contribution in [0, 0.1) is 6.92 Å². The molecule has 4 rings (SSSR count). The van der Waals surface area contributed by atoms with Crippen LogP contribution in [0.2, 0.25) is 0 Å². The molecule has 0 aliphatic carbocycles. The largest absolute Gasteiger partial charge is 0.493 e. The quantitative estimate of drug-likeness (QED) is 0.541. The van der Waals surface area contributed by atoms with Gasteiger partial charge in [0.15, 0.2) is 23.0 Å². The summed E-state index contributed by atoms with van der Waals surface area (Å²) in [7, 11) is 3.21. The second-order valence-corrected chi connectivity index (χ2v) is 5.79. The number of rotatable bonds is 5. The maximum atomic E-state index is 5.49. The van der Waals surface area contributed by atoms with Gasteiger partial charge >= 0.3 is 0 Å². The van der Waals surface area contributed by atoms with Crippen LogP contribution in [0.5, 0.6) is 11.5 Å². The van der Waals surface area contributed by atoms with Gasteiger partial charge in [-0.05, 0) is 35.9 Å². The number of oxazole rings is 1. The normalized spacial score (nSPS) is 11.0. The molecule has 0 unspecified atom stereocenters. The first-order valence-electron chi connectivity index (χ1n) is 8.07. The molecule has 0 spiro atoms. The summed E-state index contributed by atoms with van der Waals surface area (Å²) in [5.74, 6) is 3.00. The van der Waals surface area contributed by atoms with Crippen molar-refractivity contribution < 1.29 is 18.4 Å². The molecular formula is C19H17N3O4. The second-order valence-electron chi connectivity index (χ2n) is 5.79. The van der Waals surface area contributed by atoms with E-state index in [1.165, 1.54) is 0 Å². The van der Waals surface area contributed by atoms with E-state index in [2.05, 4.69) is 15.1 Å². The Labute approximate surface area is 149 Å². The van der Waals surface area contributed by atoms with E-state index < -0.39 is 0 Å². The van der Waals surface area contributed by atoms with Gasteiger partial charge in [-0.25, -0.2) is 4.98 Å². The van der Waals surface area contributed by atoms with Gasteiger partial charge in [0.25, 0.3) is 0 Å². The smallest absolute Gasteiger partial charge is 0.231 e. The van der Waals surface area contributed by atoms with Crippen molar-refractivity contribution in [1.82, 2.24) is 15.1 Å². The van der Waals surface area contributed by atoms with E-state index >= 15 is 0 Å². The van der Waals surface area contributed by atoms with Crippen LogP contribution in [0.1, 0.15) is 17.3 Å². The van der Waals surface area contributed by atoms with Crippen LogP contribution in [0.15, 0.2) is 45.3 Å². The SMILES string of the molecule is COc1ccc(Cc2nc(-c3ccc4oc(C)nc4c3)no2)cc1OC. The van der Waals surface area contributed by atoms with E-state index in [0.29, 0.717) is 35.5 Å². The van der Waals surface area contributed by atoms with Gasteiger partial charge in [-0.2, -0.15) is 4.98 Å². The number of methoxy groups -OCH3 is 2. The molecule has 0 aliphatic rings. The molecule has 0 amide bonds. The summed E-state index contributed by atoms with van der Waals surface area (Å²) in [5.41, 5.74) is 3.32. The lowest BCUT2D eigenvalue weighted by Crippen LogP contribution is -1.94. The lowest BCUT2D eigenvalue weighted by atomic mass is 10.1. The second kappa shape index (κ2) is 6.51. The Morgan fingerprint density at radius 1 is 0.962 bits per heavy atom. The first kappa shape index (κ1) is 16.1. The number of ether oxygens (including phenoxy) is 2. The predicted molar refractivity (Wildman–Crippen MR) is 94.4 cm³/mol. The molecule has 0 saturated heterocycles. The summed E-state index contributed by atoms with van der Waals surface area (Å²) >= 11 is 0. The molecule has 7 nitrogen and oxygen atoms in total. The molecule has 132 valence electrons. The Morgan fingerprint density at radius 3 is 2.62 bits per heavy atom. The minimum Gasteiger partial charge on any atom is -0.493 e. The molecule has 2 aromatic carbocycles. The van der Waals surface area contributed by atoms with E-state index in [-0.39, 0.29) is 0 Å². The zero-order valence-electron chi connectivity index (χ0n) is 14.6. The summed E-state index contributed by atoms with van der Waals surface area (Å²) in [6, 6.07) is 11.3. The average Bonchev–Trinajstić information content (AvgIpc) is 3.26. The van der Waals surface area contributed by atoms with Crippen LogP contribution in [0.25, 0.3) is 22.5 Å².